The van der Waals surface area contributed by atoms with Crippen LogP contribution in [0.3, 0.4) is 0 Å². The molecule has 4 rings (SSSR count). The summed E-state index contributed by atoms with van der Waals surface area (Å²) in [5.74, 6) is 0.247. The molecule has 0 N–H and O–H groups in total. The van der Waals surface area contributed by atoms with Gasteiger partial charge < -0.3 is 14.7 Å². The maximum absolute atomic E-state index is 13.1. The summed E-state index contributed by atoms with van der Waals surface area (Å²) in [6.45, 7) is 6.24. The van der Waals surface area contributed by atoms with E-state index in [9.17, 15) is 14.0 Å². The Labute approximate surface area is 198 Å². The maximum Gasteiger partial charge on any atom is 0.254 e. The summed E-state index contributed by atoms with van der Waals surface area (Å²) in [4.78, 5) is 31.4. The Morgan fingerprint density at radius 1 is 0.912 bits per heavy atom. The smallest absolute Gasteiger partial charge is 0.254 e. The lowest BCUT2D eigenvalue weighted by atomic mass is 10.1. The van der Waals surface area contributed by atoms with Crippen LogP contribution in [-0.4, -0.2) is 70.6 Å². The molecule has 0 saturated carbocycles. The Balaban J connectivity index is 1.34. The number of piperazine rings is 1. The third-order valence-corrected chi connectivity index (χ3v) is 5.96. The zero-order chi connectivity index (χ0) is 24.1. The lowest BCUT2D eigenvalue weighted by molar-refractivity contribution is -0.132. The fourth-order valence-electron chi connectivity index (χ4n) is 3.93. The summed E-state index contributed by atoms with van der Waals surface area (Å²) in [6.07, 6.45) is 0. The fourth-order valence-corrected chi connectivity index (χ4v) is 3.93. The van der Waals surface area contributed by atoms with Crippen molar-refractivity contribution in [1.82, 2.24) is 20.0 Å². The van der Waals surface area contributed by atoms with Crippen LogP contribution in [0, 0.1) is 5.82 Å². The lowest BCUT2D eigenvalue weighted by Gasteiger charge is -2.36. The summed E-state index contributed by atoms with van der Waals surface area (Å²) >= 11 is 0. The van der Waals surface area contributed by atoms with Gasteiger partial charge in [0.05, 0.1) is 5.69 Å². The van der Waals surface area contributed by atoms with Crippen molar-refractivity contribution in [2.75, 3.05) is 37.6 Å². The Hall–Kier alpha value is -3.81. The molecule has 0 spiro atoms. The minimum atomic E-state index is -0.290. The quantitative estimate of drug-likeness (QED) is 0.562. The highest BCUT2D eigenvalue weighted by Gasteiger charge is 2.27. The first-order valence-corrected chi connectivity index (χ1v) is 11.4. The monoisotopic (exact) mass is 461 g/mol. The molecule has 1 aromatic heterocycles. The second-order valence-electron chi connectivity index (χ2n) is 8.54. The second-order valence-corrected chi connectivity index (χ2v) is 8.54. The first-order valence-electron chi connectivity index (χ1n) is 11.4. The predicted molar refractivity (Wildman–Crippen MR) is 129 cm³/mol. The van der Waals surface area contributed by atoms with Crippen molar-refractivity contribution >= 4 is 17.6 Å². The Bertz CT molecular complexity index is 1110. The molecule has 176 valence electrons. The highest BCUT2D eigenvalue weighted by Crippen LogP contribution is 2.20. The lowest BCUT2D eigenvalue weighted by Crippen LogP contribution is -2.53. The molecule has 0 bridgehead atoms. The van der Waals surface area contributed by atoms with Crippen molar-refractivity contribution in [1.29, 1.82) is 0 Å². The van der Waals surface area contributed by atoms with Crippen molar-refractivity contribution in [3.8, 4) is 11.3 Å². The van der Waals surface area contributed by atoms with E-state index in [4.69, 9.17) is 0 Å². The molecule has 8 heteroatoms. The van der Waals surface area contributed by atoms with Crippen LogP contribution >= 0.6 is 0 Å². The van der Waals surface area contributed by atoms with Crippen LogP contribution in [0.5, 0.6) is 0 Å². The van der Waals surface area contributed by atoms with Crippen molar-refractivity contribution in [3.63, 3.8) is 0 Å². The van der Waals surface area contributed by atoms with E-state index < -0.39 is 0 Å². The number of carbonyl (C=O) groups is 2. The minimum absolute atomic E-state index is 0.0531. The highest BCUT2D eigenvalue weighted by molar-refractivity contribution is 5.96. The molecule has 7 nitrogen and oxygen atoms in total. The number of hydrogen-bond acceptors (Lipinski definition) is 5. The van der Waals surface area contributed by atoms with Gasteiger partial charge in [0, 0.05) is 43.3 Å². The minimum Gasteiger partial charge on any atom is -0.352 e. The molecule has 34 heavy (non-hydrogen) atoms. The van der Waals surface area contributed by atoms with Gasteiger partial charge in [-0.05, 0) is 62.4 Å². The van der Waals surface area contributed by atoms with Crippen LogP contribution in [0.15, 0.2) is 66.7 Å². The summed E-state index contributed by atoms with van der Waals surface area (Å²) in [5, 5.41) is 8.60. The second kappa shape index (κ2) is 10.4. The Kier molecular flexibility index (Phi) is 7.15. The topological polar surface area (TPSA) is 69.6 Å². The summed E-state index contributed by atoms with van der Waals surface area (Å²) in [6, 6.07) is 18.8. The molecule has 1 saturated heterocycles. The van der Waals surface area contributed by atoms with Crippen molar-refractivity contribution in [3.05, 3.63) is 78.1 Å². The van der Waals surface area contributed by atoms with Crippen LogP contribution in [0.1, 0.15) is 24.2 Å². The van der Waals surface area contributed by atoms with E-state index in [-0.39, 0.29) is 30.2 Å². The molecule has 0 unspecified atom stereocenters. The Morgan fingerprint density at radius 2 is 1.59 bits per heavy atom. The van der Waals surface area contributed by atoms with Gasteiger partial charge in [0.15, 0.2) is 5.82 Å². The maximum atomic E-state index is 13.1. The zero-order valence-electron chi connectivity index (χ0n) is 19.4. The first kappa shape index (κ1) is 23.4. The van der Waals surface area contributed by atoms with Gasteiger partial charge >= 0.3 is 0 Å². The van der Waals surface area contributed by atoms with Crippen molar-refractivity contribution in [2.45, 2.75) is 19.9 Å². The molecule has 1 fully saturated rings. The number of aromatic nitrogens is 2. The number of carbonyl (C=O) groups excluding carboxylic acids is 2. The van der Waals surface area contributed by atoms with Gasteiger partial charge in [0.25, 0.3) is 5.91 Å². The standard InChI is InChI=1S/C26H28FN5O2/c1-19(2)32(26(34)21-6-4-3-5-7-21)18-25(33)31-16-14-30(15-17-31)24-13-12-23(28-29-24)20-8-10-22(27)11-9-20/h3-13,19H,14-18H2,1-2H3. The Morgan fingerprint density at radius 3 is 2.18 bits per heavy atom. The third kappa shape index (κ3) is 5.39. The normalized spacial score (nSPS) is 13.8. The van der Waals surface area contributed by atoms with Gasteiger partial charge in [-0.25, -0.2) is 4.39 Å². The van der Waals surface area contributed by atoms with E-state index in [1.807, 2.05) is 44.2 Å². The van der Waals surface area contributed by atoms with Gasteiger partial charge in [-0.15, -0.1) is 10.2 Å². The molecular formula is C26H28FN5O2. The van der Waals surface area contributed by atoms with Gasteiger partial charge in [0.2, 0.25) is 5.91 Å². The first-order chi connectivity index (χ1) is 16.4. The van der Waals surface area contributed by atoms with E-state index in [1.54, 1.807) is 34.1 Å². The average Bonchev–Trinajstić information content (AvgIpc) is 2.88. The van der Waals surface area contributed by atoms with Gasteiger partial charge in [-0.2, -0.15) is 0 Å². The number of amides is 2. The molecule has 0 atom stereocenters. The van der Waals surface area contributed by atoms with E-state index in [0.29, 0.717) is 37.4 Å². The summed E-state index contributed by atoms with van der Waals surface area (Å²) < 4.78 is 13.1. The SMILES string of the molecule is CC(C)N(CC(=O)N1CCN(c2ccc(-c3ccc(F)cc3)nn2)CC1)C(=O)c1ccccc1. The van der Waals surface area contributed by atoms with Crippen LogP contribution in [-0.2, 0) is 4.79 Å². The van der Waals surface area contributed by atoms with Crippen molar-refractivity contribution in [2.24, 2.45) is 0 Å². The number of rotatable bonds is 6. The van der Waals surface area contributed by atoms with E-state index in [1.165, 1.54) is 12.1 Å². The molecule has 2 amide bonds. The van der Waals surface area contributed by atoms with Crippen LogP contribution in [0.4, 0.5) is 10.2 Å². The van der Waals surface area contributed by atoms with Gasteiger partial charge in [0.1, 0.15) is 12.4 Å². The summed E-state index contributed by atoms with van der Waals surface area (Å²) in [5.41, 5.74) is 2.06. The number of anilines is 1. The summed E-state index contributed by atoms with van der Waals surface area (Å²) in [7, 11) is 0. The molecule has 2 heterocycles. The van der Waals surface area contributed by atoms with E-state index >= 15 is 0 Å². The predicted octanol–water partition coefficient (Wildman–Crippen LogP) is 3.48. The number of nitrogens with zero attached hydrogens (tertiary/aromatic N) is 5. The molecule has 0 aliphatic carbocycles. The zero-order valence-corrected chi connectivity index (χ0v) is 19.4. The molecule has 0 radical (unpaired) electrons. The number of hydrogen-bond donors (Lipinski definition) is 0. The molecular weight excluding hydrogens is 433 g/mol. The average molecular weight is 462 g/mol. The highest BCUT2D eigenvalue weighted by atomic mass is 19.1. The molecule has 3 aromatic rings. The third-order valence-electron chi connectivity index (χ3n) is 5.96. The van der Waals surface area contributed by atoms with Crippen LogP contribution < -0.4 is 4.90 Å². The van der Waals surface area contributed by atoms with Gasteiger partial charge in [-0.3, -0.25) is 9.59 Å². The largest absolute Gasteiger partial charge is 0.352 e. The number of benzene rings is 2. The molecule has 1 aliphatic rings. The van der Waals surface area contributed by atoms with E-state index in [2.05, 4.69) is 15.1 Å². The fraction of sp³-hybridized carbons (Fsp3) is 0.308. The van der Waals surface area contributed by atoms with Gasteiger partial charge in [-0.1, -0.05) is 18.2 Å². The number of halogens is 1. The van der Waals surface area contributed by atoms with E-state index in [0.717, 1.165) is 11.4 Å². The molecule has 1 aliphatic heterocycles. The molecule has 2 aromatic carbocycles. The van der Waals surface area contributed by atoms with Crippen LogP contribution in [0.2, 0.25) is 0 Å². The van der Waals surface area contributed by atoms with Crippen molar-refractivity contribution < 1.29 is 14.0 Å². The van der Waals surface area contributed by atoms with Crippen LogP contribution in [0.25, 0.3) is 11.3 Å².